The number of thiazole rings is 1. The Kier molecular flexibility index (Phi) is 7.13. The SMILES string of the molecule is Cc1ccc(C(C)C)c(OCC(=O)Nc2nc3c(s2)CN(C(=O)CC(C)C)CC3)c1. The molecule has 0 saturated carbocycles. The van der Waals surface area contributed by atoms with Gasteiger partial charge < -0.3 is 9.64 Å². The van der Waals surface area contributed by atoms with Crippen molar-refractivity contribution in [3.63, 3.8) is 0 Å². The van der Waals surface area contributed by atoms with Crippen molar-refractivity contribution < 1.29 is 14.3 Å². The van der Waals surface area contributed by atoms with E-state index in [1.807, 2.05) is 17.9 Å². The van der Waals surface area contributed by atoms with Gasteiger partial charge in [-0.05, 0) is 36.0 Å². The normalized spacial score (nSPS) is 13.5. The van der Waals surface area contributed by atoms with Gasteiger partial charge in [0.2, 0.25) is 5.91 Å². The minimum atomic E-state index is -0.231. The summed E-state index contributed by atoms with van der Waals surface area (Å²) >= 11 is 1.44. The molecule has 30 heavy (non-hydrogen) atoms. The summed E-state index contributed by atoms with van der Waals surface area (Å²) in [5.74, 6) is 1.36. The molecule has 2 amide bonds. The van der Waals surface area contributed by atoms with Crippen LogP contribution in [-0.4, -0.2) is 34.8 Å². The smallest absolute Gasteiger partial charge is 0.264 e. The topological polar surface area (TPSA) is 71.5 Å². The predicted molar refractivity (Wildman–Crippen MR) is 120 cm³/mol. The van der Waals surface area contributed by atoms with Gasteiger partial charge in [-0.25, -0.2) is 4.98 Å². The fourth-order valence-corrected chi connectivity index (χ4v) is 4.52. The van der Waals surface area contributed by atoms with Crippen LogP contribution >= 0.6 is 11.3 Å². The van der Waals surface area contributed by atoms with Gasteiger partial charge in [-0.2, -0.15) is 0 Å². The van der Waals surface area contributed by atoms with Crippen LogP contribution < -0.4 is 10.1 Å². The zero-order valence-corrected chi connectivity index (χ0v) is 19.3. The van der Waals surface area contributed by atoms with E-state index in [4.69, 9.17) is 4.74 Å². The summed E-state index contributed by atoms with van der Waals surface area (Å²) in [4.78, 5) is 32.3. The third kappa shape index (κ3) is 5.59. The number of amides is 2. The van der Waals surface area contributed by atoms with Crippen LogP contribution in [0.5, 0.6) is 5.75 Å². The molecule has 1 aliphatic heterocycles. The number of hydrogen-bond acceptors (Lipinski definition) is 5. The molecule has 1 aromatic heterocycles. The summed E-state index contributed by atoms with van der Waals surface area (Å²) in [5.41, 5.74) is 3.16. The van der Waals surface area contributed by atoms with E-state index in [0.717, 1.165) is 33.9 Å². The van der Waals surface area contributed by atoms with Gasteiger partial charge in [0.05, 0.1) is 12.2 Å². The summed E-state index contributed by atoms with van der Waals surface area (Å²) < 4.78 is 5.81. The van der Waals surface area contributed by atoms with E-state index in [9.17, 15) is 9.59 Å². The van der Waals surface area contributed by atoms with E-state index < -0.39 is 0 Å². The number of nitrogens with zero attached hydrogens (tertiary/aromatic N) is 2. The number of carbonyl (C=O) groups is 2. The lowest BCUT2D eigenvalue weighted by Crippen LogP contribution is -2.36. The van der Waals surface area contributed by atoms with Crippen molar-refractivity contribution in [2.24, 2.45) is 5.92 Å². The first-order valence-corrected chi connectivity index (χ1v) is 11.3. The summed E-state index contributed by atoms with van der Waals surface area (Å²) in [6.07, 6.45) is 1.29. The Hall–Kier alpha value is -2.41. The number of carbonyl (C=O) groups excluding carboxylic acids is 2. The standard InChI is InChI=1S/C23H31N3O3S/c1-14(2)10-22(28)26-9-8-18-20(12-26)30-23(24-18)25-21(27)13-29-19-11-16(5)6-7-17(19)15(3)4/h6-7,11,14-15H,8-10,12-13H2,1-5H3,(H,24,25,27). The second-order valence-electron chi connectivity index (χ2n) is 8.58. The minimum absolute atomic E-state index is 0.0631. The average Bonchev–Trinajstić information content (AvgIpc) is 3.06. The summed E-state index contributed by atoms with van der Waals surface area (Å²) in [7, 11) is 0. The first-order valence-electron chi connectivity index (χ1n) is 10.5. The fourth-order valence-electron chi connectivity index (χ4n) is 3.48. The van der Waals surface area contributed by atoms with Crippen LogP contribution in [0, 0.1) is 12.8 Å². The van der Waals surface area contributed by atoms with E-state index in [2.05, 4.69) is 50.1 Å². The van der Waals surface area contributed by atoms with E-state index in [-0.39, 0.29) is 18.4 Å². The van der Waals surface area contributed by atoms with E-state index >= 15 is 0 Å². The second-order valence-corrected chi connectivity index (χ2v) is 9.67. The maximum atomic E-state index is 12.4. The monoisotopic (exact) mass is 429 g/mol. The van der Waals surface area contributed by atoms with Crippen molar-refractivity contribution in [3.8, 4) is 5.75 Å². The van der Waals surface area contributed by atoms with Gasteiger partial charge in [0.15, 0.2) is 11.7 Å². The largest absolute Gasteiger partial charge is 0.483 e. The molecule has 0 fully saturated rings. The lowest BCUT2D eigenvalue weighted by atomic mass is 10.0. The zero-order valence-electron chi connectivity index (χ0n) is 18.4. The zero-order chi connectivity index (χ0) is 21.8. The Morgan fingerprint density at radius 2 is 2.03 bits per heavy atom. The van der Waals surface area contributed by atoms with Crippen molar-refractivity contribution in [1.29, 1.82) is 0 Å². The van der Waals surface area contributed by atoms with Crippen molar-refractivity contribution in [2.75, 3.05) is 18.5 Å². The lowest BCUT2D eigenvalue weighted by molar-refractivity contribution is -0.132. The van der Waals surface area contributed by atoms with Crippen molar-refractivity contribution in [3.05, 3.63) is 39.9 Å². The molecule has 1 N–H and O–H groups in total. The number of benzene rings is 1. The molecule has 2 aromatic rings. The molecule has 3 rings (SSSR count). The molecule has 6 nitrogen and oxygen atoms in total. The highest BCUT2D eigenvalue weighted by atomic mass is 32.1. The molecule has 2 heterocycles. The molecule has 162 valence electrons. The van der Waals surface area contributed by atoms with E-state index in [1.54, 1.807) is 0 Å². The van der Waals surface area contributed by atoms with Gasteiger partial charge >= 0.3 is 0 Å². The average molecular weight is 430 g/mol. The molecule has 1 aliphatic rings. The summed E-state index contributed by atoms with van der Waals surface area (Å²) in [6.45, 7) is 11.5. The Bertz CT molecular complexity index is 920. The third-order valence-corrected chi connectivity index (χ3v) is 6.06. The van der Waals surface area contributed by atoms with Crippen LogP contribution in [0.2, 0.25) is 0 Å². The molecule has 0 spiro atoms. The van der Waals surface area contributed by atoms with E-state index in [0.29, 0.717) is 36.5 Å². The van der Waals surface area contributed by atoms with Crippen LogP contribution in [0.15, 0.2) is 18.2 Å². The lowest BCUT2D eigenvalue weighted by Gasteiger charge is -2.26. The van der Waals surface area contributed by atoms with Crippen LogP contribution in [-0.2, 0) is 22.6 Å². The van der Waals surface area contributed by atoms with Crippen molar-refractivity contribution in [1.82, 2.24) is 9.88 Å². The first kappa shape index (κ1) is 22.3. The maximum absolute atomic E-state index is 12.4. The molecule has 0 saturated heterocycles. The Morgan fingerprint density at radius 3 is 2.73 bits per heavy atom. The summed E-state index contributed by atoms with van der Waals surface area (Å²) in [5, 5.41) is 3.42. The highest BCUT2D eigenvalue weighted by molar-refractivity contribution is 7.15. The number of rotatable bonds is 7. The molecular weight excluding hydrogens is 398 g/mol. The quantitative estimate of drug-likeness (QED) is 0.702. The number of anilines is 1. The number of aromatic nitrogens is 1. The van der Waals surface area contributed by atoms with Gasteiger partial charge in [-0.15, -0.1) is 0 Å². The number of aryl methyl sites for hydroxylation is 1. The molecule has 0 bridgehead atoms. The highest BCUT2D eigenvalue weighted by Gasteiger charge is 2.25. The number of fused-ring (bicyclic) bond motifs is 1. The van der Waals surface area contributed by atoms with E-state index in [1.165, 1.54) is 11.3 Å². The van der Waals surface area contributed by atoms with Gasteiger partial charge in [0.1, 0.15) is 5.75 Å². The number of hydrogen-bond donors (Lipinski definition) is 1. The molecule has 7 heteroatoms. The predicted octanol–water partition coefficient (Wildman–Crippen LogP) is 4.52. The molecular formula is C23H31N3O3S. The Balaban J connectivity index is 1.58. The molecule has 0 radical (unpaired) electrons. The van der Waals surface area contributed by atoms with Crippen LogP contribution in [0.3, 0.4) is 0 Å². The Morgan fingerprint density at radius 1 is 1.27 bits per heavy atom. The molecule has 0 unspecified atom stereocenters. The second kappa shape index (κ2) is 9.60. The highest BCUT2D eigenvalue weighted by Crippen LogP contribution is 2.30. The molecule has 0 atom stereocenters. The van der Waals surface area contributed by atoms with Crippen molar-refractivity contribution in [2.45, 2.75) is 59.9 Å². The number of ether oxygens (including phenoxy) is 1. The maximum Gasteiger partial charge on any atom is 0.264 e. The van der Waals surface area contributed by atoms with Gasteiger partial charge in [-0.1, -0.05) is 51.2 Å². The number of nitrogens with one attached hydrogen (secondary N) is 1. The van der Waals surface area contributed by atoms with Gasteiger partial charge in [-0.3, -0.25) is 14.9 Å². The minimum Gasteiger partial charge on any atom is -0.483 e. The van der Waals surface area contributed by atoms with Crippen LogP contribution in [0.1, 0.15) is 61.7 Å². The van der Waals surface area contributed by atoms with Gasteiger partial charge in [0, 0.05) is 24.3 Å². The van der Waals surface area contributed by atoms with Gasteiger partial charge in [0.25, 0.3) is 5.91 Å². The van der Waals surface area contributed by atoms with Crippen LogP contribution in [0.4, 0.5) is 5.13 Å². The Labute approximate surface area is 182 Å². The third-order valence-electron chi connectivity index (χ3n) is 5.06. The summed E-state index contributed by atoms with van der Waals surface area (Å²) in [6, 6.07) is 6.07. The van der Waals surface area contributed by atoms with Crippen LogP contribution in [0.25, 0.3) is 0 Å². The molecule has 0 aliphatic carbocycles. The fraction of sp³-hybridized carbons (Fsp3) is 0.522. The molecule has 1 aromatic carbocycles. The first-order chi connectivity index (χ1) is 14.2. The van der Waals surface area contributed by atoms with Crippen molar-refractivity contribution >= 4 is 28.3 Å².